The van der Waals surface area contributed by atoms with E-state index in [9.17, 15) is 9.18 Å². The quantitative estimate of drug-likeness (QED) is 0.398. The van der Waals surface area contributed by atoms with Crippen molar-refractivity contribution in [1.29, 1.82) is 0 Å². The smallest absolute Gasteiger partial charge is 0.337 e. The highest BCUT2D eigenvalue weighted by atomic mass is 32.1. The minimum absolute atomic E-state index is 0.346. The summed E-state index contributed by atoms with van der Waals surface area (Å²) in [5.74, 6) is -0.343. The number of esters is 1. The van der Waals surface area contributed by atoms with Gasteiger partial charge in [-0.05, 0) is 36.4 Å². The van der Waals surface area contributed by atoms with Crippen molar-refractivity contribution in [2.45, 2.75) is 6.54 Å². The molecule has 0 saturated carbocycles. The third-order valence-corrected chi connectivity index (χ3v) is 5.72. The molecule has 148 valence electrons. The molecule has 0 spiro atoms. The van der Waals surface area contributed by atoms with E-state index in [1.54, 1.807) is 30.3 Å². The fourth-order valence-corrected chi connectivity index (χ4v) is 4.27. The van der Waals surface area contributed by atoms with Gasteiger partial charge in [-0.1, -0.05) is 12.1 Å². The van der Waals surface area contributed by atoms with Crippen molar-refractivity contribution < 1.29 is 13.9 Å². The first-order valence-corrected chi connectivity index (χ1v) is 9.98. The molecule has 0 aliphatic carbocycles. The van der Waals surface area contributed by atoms with Gasteiger partial charge in [0.2, 0.25) is 0 Å². The number of carbonyl (C=O) groups is 1. The van der Waals surface area contributed by atoms with Crippen LogP contribution in [0.4, 0.5) is 4.39 Å². The van der Waals surface area contributed by atoms with Crippen LogP contribution in [0.5, 0.6) is 0 Å². The van der Waals surface area contributed by atoms with E-state index >= 15 is 0 Å². The Bertz CT molecular complexity index is 1360. The highest BCUT2D eigenvalue weighted by Gasteiger charge is 2.16. The number of nitrogens with zero attached hydrogens (tertiary/aromatic N) is 4. The Morgan fingerprint density at radius 2 is 1.93 bits per heavy atom. The van der Waals surface area contributed by atoms with Crippen LogP contribution in [0.15, 0.2) is 60.9 Å². The molecule has 30 heavy (non-hydrogen) atoms. The van der Waals surface area contributed by atoms with Gasteiger partial charge in [0, 0.05) is 12.4 Å². The molecule has 0 saturated heterocycles. The molecule has 5 rings (SSSR count). The van der Waals surface area contributed by atoms with E-state index in [-0.39, 0.29) is 11.8 Å². The second-order valence-corrected chi connectivity index (χ2v) is 7.81. The Labute approximate surface area is 175 Å². The average Bonchev–Trinajstić information content (AvgIpc) is 3.35. The van der Waals surface area contributed by atoms with Crippen LogP contribution in [0, 0.1) is 5.82 Å². The largest absolute Gasteiger partial charge is 0.465 e. The maximum Gasteiger partial charge on any atom is 0.337 e. The first-order chi connectivity index (χ1) is 14.6. The standard InChI is InChI=1S/C22H15FN4O2S/c1-29-22(28)13-6-7-17-19(10-13)30-20(24-17)12-27-9-8-16-18(11-27)26-21(25-16)14-4-2-3-5-15(14)23/h2-11H,12H2,1H3. The lowest BCUT2D eigenvalue weighted by molar-refractivity contribution is 0.0601. The number of carbonyl (C=O) groups excluding carboxylic acids is 1. The maximum absolute atomic E-state index is 14.1. The van der Waals surface area contributed by atoms with Crippen LogP contribution in [0.25, 0.3) is 33.0 Å². The molecular weight excluding hydrogens is 403 g/mol. The number of benzene rings is 2. The summed E-state index contributed by atoms with van der Waals surface area (Å²) in [6, 6.07) is 13.6. The molecule has 0 atom stereocenters. The molecule has 0 radical (unpaired) electrons. The van der Waals surface area contributed by atoms with Gasteiger partial charge in [0.15, 0.2) is 5.82 Å². The lowest BCUT2D eigenvalue weighted by Crippen LogP contribution is -2.00. The van der Waals surface area contributed by atoms with Crippen molar-refractivity contribution in [2.24, 2.45) is 0 Å². The van der Waals surface area contributed by atoms with Crippen LogP contribution in [-0.4, -0.2) is 32.6 Å². The third kappa shape index (κ3) is 3.31. The predicted molar refractivity (Wildman–Crippen MR) is 112 cm³/mol. The van der Waals surface area contributed by atoms with Gasteiger partial charge in [-0.15, -0.1) is 11.3 Å². The van der Waals surface area contributed by atoms with Crippen molar-refractivity contribution >= 4 is 27.5 Å². The zero-order valence-electron chi connectivity index (χ0n) is 15.9. The van der Waals surface area contributed by atoms with Crippen LogP contribution in [0.2, 0.25) is 0 Å². The van der Waals surface area contributed by atoms with Crippen LogP contribution < -0.4 is 0 Å². The molecule has 3 heterocycles. The van der Waals surface area contributed by atoms with E-state index in [0.29, 0.717) is 34.9 Å². The summed E-state index contributed by atoms with van der Waals surface area (Å²) in [4.78, 5) is 25.3. The third-order valence-electron chi connectivity index (χ3n) is 4.71. The molecule has 3 aromatic rings. The molecule has 6 nitrogen and oxygen atoms in total. The second kappa shape index (κ2) is 7.31. The summed E-state index contributed by atoms with van der Waals surface area (Å²) in [6.07, 6.45) is 3.77. The van der Waals surface area contributed by atoms with E-state index < -0.39 is 0 Å². The number of fused-ring (bicyclic) bond motifs is 2. The van der Waals surface area contributed by atoms with Gasteiger partial charge in [-0.2, -0.15) is 0 Å². The summed E-state index contributed by atoms with van der Waals surface area (Å²) in [6.45, 7) is 0.546. The predicted octanol–water partition coefficient (Wildman–Crippen LogP) is 4.63. The molecule has 0 unspecified atom stereocenters. The Morgan fingerprint density at radius 1 is 1.10 bits per heavy atom. The van der Waals surface area contributed by atoms with Crippen molar-refractivity contribution in [3.8, 4) is 22.8 Å². The number of thiazole rings is 1. The average molecular weight is 418 g/mol. The topological polar surface area (TPSA) is 69.9 Å². The maximum atomic E-state index is 14.1. The molecule has 0 amide bonds. The first-order valence-electron chi connectivity index (χ1n) is 9.17. The zero-order valence-corrected chi connectivity index (χ0v) is 16.7. The van der Waals surface area contributed by atoms with Crippen LogP contribution >= 0.6 is 11.3 Å². The van der Waals surface area contributed by atoms with E-state index in [4.69, 9.17) is 4.74 Å². The number of rotatable bonds is 4. The van der Waals surface area contributed by atoms with Crippen molar-refractivity contribution in [3.05, 3.63) is 77.3 Å². The number of methoxy groups -OCH3 is 1. The minimum atomic E-state index is -0.368. The Balaban J connectivity index is 1.45. The van der Waals surface area contributed by atoms with Gasteiger partial charge in [0.25, 0.3) is 0 Å². The number of pyridine rings is 1. The molecule has 2 aliphatic heterocycles. The van der Waals surface area contributed by atoms with Crippen LogP contribution in [-0.2, 0) is 11.3 Å². The summed E-state index contributed by atoms with van der Waals surface area (Å²) in [7, 11) is 1.36. The van der Waals surface area contributed by atoms with Gasteiger partial charge < -0.3 is 9.30 Å². The SMILES string of the molecule is COC(=O)c1ccc2nc(Cn3ccc4nc(-c5ccccc5F)nc-4c3)sc2c1. The minimum Gasteiger partial charge on any atom is -0.465 e. The Hall–Kier alpha value is -3.65. The zero-order chi connectivity index (χ0) is 20.7. The fraction of sp³-hybridized carbons (Fsp3) is 0.0909. The molecule has 2 aliphatic rings. The fourth-order valence-electron chi connectivity index (χ4n) is 3.25. The van der Waals surface area contributed by atoms with Gasteiger partial charge in [-0.25, -0.2) is 24.1 Å². The van der Waals surface area contributed by atoms with E-state index in [1.165, 1.54) is 24.5 Å². The monoisotopic (exact) mass is 418 g/mol. The summed E-state index contributed by atoms with van der Waals surface area (Å²) in [5, 5.41) is 0.894. The normalized spacial score (nSPS) is 11.3. The highest BCUT2D eigenvalue weighted by Crippen LogP contribution is 2.28. The molecule has 0 N–H and O–H groups in total. The molecule has 1 aromatic heterocycles. The van der Waals surface area contributed by atoms with Gasteiger partial charge in [0.1, 0.15) is 16.5 Å². The molecule has 2 aromatic carbocycles. The number of imidazole rings is 1. The van der Waals surface area contributed by atoms with E-state index in [1.807, 2.05) is 29.1 Å². The highest BCUT2D eigenvalue weighted by molar-refractivity contribution is 7.18. The first kappa shape index (κ1) is 18.4. The number of aromatic nitrogens is 4. The van der Waals surface area contributed by atoms with Crippen LogP contribution in [0.1, 0.15) is 15.4 Å². The van der Waals surface area contributed by atoms with Gasteiger partial charge >= 0.3 is 5.97 Å². The lowest BCUT2D eigenvalue weighted by Gasteiger charge is -2.05. The summed E-state index contributed by atoms with van der Waals surface area (Å²) < 4.78 is 21.7. The molecule has 0 fully saturated rings. The van der Waals surface area contributed by atoms with Crippen molar-refractivity contribution in [2.75, 3.05) is 7.11 Å². The summed E-state index contributed by atoms with van der Waals surface area (Å²) in [5.41, 5.74) is 3.11. The molecular formula is C22H15FN4O2S. The van der Waals surface area contributed by atoms with Crippen molar-refractivity contribution in [1.82, 2.24) is 19.5 Å². The number of hydrogen-bond acceptors (Lipinski definition) is 6. The van der Waals surface area contributed by atoms with Crippen molar-refractivity contribution in [3.63, 3.8) is 0 Å². The van der Waals surface area contributed by atoms with Gasteiger partial charge in [0.05, 0.1) is 40.7 Å². The molecule has 0 bridgehead atoms. The van der Waals surface area contributed by atoms with Crippen LogP contribution in [0.3, 0.4) is 0 Å². The Morgan fingerprint density at radius 3 is 2.77 bits per heavy atom. The molecule has 8 heteroatoms. The van der Waals surface area contributed by atoms with E-state index in [2.05, 4.69) is 15.0 Å². The lowest BCUT2D eigenvalue weighted by atomic mass is 10.2. The number of halogens is 1. The summed E-state index contributed by atoms with van der Waals surface area (Å²) >= 11 is 1.52. The Kier molecular flexibility index (Phi) is 4.48. The second-order valence-electron chi connectivity index (χ2n) is 6.70. The van der Waals surface area contributed by atoms with Gasteiger partial charge in [-0.3, -0.25) is 0 Å². The van der Waals surface area contributed by atoms with E-state index in [0.717, 1.165) is 15.2 Å². The number of hydrogen-bond donors (Lipinski definition) is 0. The number of ether oxygens (including phenoxy) is 1.